The lowest BCUT2D eigenvalue weighted by Gasteiger charge is -2.36. The number of para-hydroxylation sites is 1. The van der Waals surface area contributed by atoms with Gasteiger partial charge in [0.1, 0.15) is 90.3 Å². The van der Waals surface area contributed by atoms with Crippen molar-refractivity contribution in [2.24, 2.45) is 23.1 Å². The minimum Gasteiger partial charge on any atom is -0.508 e. The third kappa shape index (κ3) is 29.6. The predicted molar refractivity (Wildman–Crippen MR) is 502 cm³/mol. The van der Waals surface area contributed by atoms with Crippen molar-refractivity contribution in [2.75, 3.05) is 65.4 Å². The van der Waals surface area contributed by atoms with Crippen LogP contribution in [0.2, 0.25) is 0 Å². The van der Waals surface area contributed by atoms with Crippen molar-refractivity contribution < 1.29 is 91.7 Å². The van der Waals surface area contributed by atoms with E-state index < -0.39 is 222 Å². The first-order chi connectivity index (χ1) is 64.4. The molecule has 6 aromatic rings. The van der Waals surface area contributed by atoms with E-state index in [2.05, 4.69) is 73.4 Å². The summed E-state index contributed by atoms with van der Waals surface area (Å²) in [7, 11) is 3.95. The van der Waals surface area contributed by atoms with E-state index in [9.17, 15) is 53.4 Å². The lowest BCUT2D eigenvalue weighted by molar-refractivity contribution is -0.149. The van der Waals surface area contributed by atoms with E-state index >= 15 is 38.4 Å². The maximum atomic E-state index is 15.8. The number of aromatic nitrogens is 3. The molecule has 0 unspecified atom stereocenters. The number of nitrogens with two attached hydrogens (primary N) is 3. The zero-order chi connectivity index (χ0) is 98.4. The second-order valence-electron chi connectivity index (χ2n) is 34.7. The number of aliphatic hydroxyl groups is 1. The quantitative estimate of drug-likeness (QED) is 0.0132. The molecule has 3 aliphatic heterocycles. The van der Waals surface area contributed by atoms with Crippen LogP contribution in [0.3, 0.4) is 0 Å². The minimum atomic E-state index is -1.84. The average Bonchev–Trinajstić information content (AvgIpc) is 1.75. The molecule has 3 aliphatic rings. The first kappa shape index (κ1) is 105. The highest BCUT2D eigenvalue weighted by Gasteiger charge is 2.46. The summed E-state index contributed by atoms with van der Waals surface area (Å²) in [4.78, 5) is 266. The number of guanidine groups is 1. The maximum Gasteiger partial charge on any atom is 0.246 e. The van der Waals surface area contributed by atoms with Crippen LogP contribution in [-0.4, -0.2) is 306 Å². The number of aromatic amines is 2. The van der Waals surface area contributed by atoms with Crippen LogP contribution in [-0.2, 0) is 107 Å². The number of thioether (sulfide) groups is 1. The molecule has 6 heterocycles. The first-order valence-electron chi connectivity index (χ1n) is 45.4. The summed E-state index contributed by atoms with van der Waals surface area (Å²) < 4.78 is 0.825. The Hall–Kier alpha value is -13.3. The van der Waals surface area contributed by atoms with Gasteiger partial charge in [-0.1, -0.05) is 102 Å². The number of unbranched alkanes of at least 4 members (excludes halogenated alkanes) is 2. The number of nitrogens with one attached hydrogen (secondary N) is 14. The van der Waals surface area contributed by atoms with Crippen molar-refractivity contribution in [1.82, 2.24) is 97.9 Å². The van der Waals surface area contributed by atoms with Gasteiger partial charge in [-0.2, -0.15) is 0 Å². The number of carbonyl (C=O) groups is 17. The molecule has 0 spiro atoms. The van der Waals surface area contributed by atoms with Crippen LogP contribution < -0.4 is 75.7 Å². The Morgan fingerprint density at radius 3 is 1.71 bits per heavy atom. The van der Waals surface area contributed by atoms with Gasteiger partial charge >= 0.3 is 0 Å². The number of H-pyrrole nitrogens is 2. The van der Waals surface area contributed by atoms with Crippen LogP contribution >= 0.6 is 23.1 Å². The SMILES string of the molecule is CCCC[C@H]1C(=O)N([13CH3])[C@@H](CCCC)C(=O)N[C@@H](CCCNC(=N)N)C(=O)N[C@H](C(=O)NCC(N)=O)CSCC(=O)N[C@@H](Cc2ccc(O)cc2)C(=O)N([13CH3])[C@@H](C)C(=O)N[C@@H](CC(N)=O)C(=O)N2CCC[C@H]2C(=O)N[C@@H](Cc2cnc[nH]2)C(=O)N[C@@H](CC(C)C)C(=O)N2CCC[C@H]2C(=O)N[C@@H](Cc2c[nH]c3ccccc23)C(=O)N[C@@H](CO)C(=O)N[C@@H](Cc2csc3ccccc23)C(=O)N1[13CH3]. The van der Waals surface area contributed by atoms with Gasteiger partial charge in [0.2, 0.25) is 100 Å². The number of rotatable bonds is 26. The molecule has 0 bridgehead atoms. The molecule has 44 heteroatoms. The smallest absolute Gasteiger partial charge is 0.246 e. The zero-order valence-corrected chi connectivity index (χ0v) is 78.8. The molecule has 0 radical (unpaired) electrons. The highest BCUT2D eigenvalue weighted by Crippen LogP contribution is 2.30. The van der Waals surface area contributed by atoms with Crippen molar-refractivity contribution in [2.45, 2.75) is 235 Å². The second kappa shape index (κ2) is 50.7. The molecule has 22 N–H and O–H groups in total. The Morgan fingerprint density at radius 2 is 1.10 bits per heavy atom. The van der Waals surface area contributed by atoms with Gasteiger partial charge in [-0.3, -0.25) is 86.9 Å². The van der Waals surface area contributed by atoms with E-state index in [1.807, 2.05) is 32.0 Å². The molecule has 3 aromatic carbocycles. The van der Waals surface area contributed by atoms with Gasteiger partial charge in [-0.15, -0.1) is 23.1 Å². The topological polar surface area (TPSA) is 626 Å². The van der Waals surface area contributed by atoms with Gasteiger partial charge in [-0.05, 0) is 122 Å². The van der Waals surface area contributed by atoms with Crippen LogP contribution in [0.5, 0.6) is 5.75 Å². The van der Waals surface area contributed by atoms with E-state index in [0.29, 0.717) is 59.0 Å². The molecule has 0 aliphatic carbocycles. The fraction of sp³-hybridized carbons (Fsp3) is 0.527. The van der Waals surface area contributed by atoms with Gasteiger partial charge in [0.15, 0.2) is 5.96 Å². The van der Waals surface area contributed by atoms with E-state index in [1.165, 1.54) is 86.0 Å². The summed E-state index contributed by atoms with van der Waals surface area (Å²) in [5.41, 5.74) is 19.4. The fourth-order valence-electron chi connectivity index (χ4n) is 16.7. The molecule has 14 atom stereocenters. The van der Waals surface area contributed by atoms with Gasteiger partial charge in [0.25, 0.3) is 0 Å². The van der Waals surface area contributed by atoms with Crippen molar-refractivity contribution >= 4 is 150 Å². The number of phenolic OH excluding ortho intramolecular Hbond substituents is 1. The summed E-state index contributed by atoms with van der Waals surface area (Å²) in [6, 6.07) is -1.10. The number of aliphatic hydroxyl groups excluding tert-OH is 1. The van der Waals surface area contributed by atoms with Gasteiger partial charge in [0, 0.05) is 106 Å². The van der Waals surface area contributed by atoms with Gasteiger partial charge in [-0.25, -0.2) is 4.98 Å². The van der Waals surface area contributed by atoms with Gasteiger partial charge in [0.05, 0.1) is 31.7 Å². The minimum absolute atomic E-state index is 0.00306. The molecular weight excluding hydrogens is 1790 g/mol. The third-order valence-electron chi connectivity index (χ3n) is 24.2. The highest BCUT2D eigenvalue weighted by atomic mass is 32.2. The van der Waals surface area contributed by atoms with E-state index in [-0.39, 0.29) is 115 Å². The molecule has 17 amide bonds. The molecule has 732 valence electrons. The first-order valence-corrected chi connectivity index (χ1v) is 47.4. The summed E-state index contributed by atoms with van der Waals surface area (Å²) in [6.45, 7) is 6.68. The van der Waals surface area contributed by atoms with Crippen molar-refractivity contribution in [1.29, 1.82) is 5.41 Å². The molecule has 3 aromatic heterocycles. The van der Waals surface area contributed by atoms with E-state index in [4.69, 9.17) is 22.6 Å². The number of fused-ring (bicyclic) bond motifs is 4. The summed E-state index contributed by atoms with van der Waals surface area (Å²) in [6.07, 6.45) is 4.66. The largest absolute Gasteiger partial charge is 0.508 e. The van der Waals surface area contributed by atoms with Crippen molar-refractivity contribution in [3.8, 4) is 5.75 Å². The molecule has 9 rings (SSSR count). The number of hydrogen-bond donors (Lipinski definition) is 19. The number of primary amides is 2. The van der Waals surface area contributed by atoms with Crippen LogP contribution in [0.4, 0.5) is 0 Å². The lowest BCUT2D eigenvalue weighted by atomic mass is 10.0. The number of thiophene rings is 1. The Kier molecular flexibility index (Phi) is 39.6. The maximum absolute atomic E-state index is 15.8. The number of phenols is 1. The number of imidazole rings is 1. The van der Waals surface area contributed by atoms with Crippen LogP contribution in [0.25, 0.3) is 21.0 Å². The third-order valence-corrected chi connectivity index (χ3v) is 26.2. The summed E-state index contributed by atoms with van der Waals surface area (Å²) in [5, 5.41) is 61.9. The number of carbonyl (C=O) groups excluding carboxylic acids is 17. The molecule has 0 saturated carbocycles. The van der Waals surface area contributed by atoms with Crippen LogP contribution in [0.1, 0.15) is 147 Å². The summed E-state index contributed by atoms with van der Waals surface area (Å²) in [5.74, 6) is -17.2. The standard InChI is InChI=1S/C91H127N23O19S2/c1-9-11-24-69-83(126)102-60(23-17-33-97-91(94)95)79(122)109-68(78(121)99-44-75(93)118)47-134-48-76(119)101-64(37-52-29-31-56(116)32-30-52)86(129)110(6)51(5)77(120)105-66(41-74(92)117)89(132)114-35-19-27-71(114)85(128)104-62(40-55-43-96-49-100-55)81(124)106-63(36-50(3)4)88(131)113-34-18-26-70(113)84(127)103-61(38-53-42-98-59-22-15-13-20-57(53)59)80(123)108-67(45-115)82(125)107-65(39-54-46-135-73-28-16-14-21-58(54)73)87(130)112(8)72(25-12-10-2)90(133)111(69)7/h13-16,20-22,28-32,42-43,46,49-51,60-72,98,115-116H,9-12,17-19,23-27,33-41,44-45,47-48H2,1-8H3,(H2,92,117)(H2,93,118)(H,96,100)(H,99,121)(H,101,119)(H,102,126)(H,103,127)(H,104,128)(H,105,120)(H,106,124)(H,107,125)(H,108,123)(H,109,122)(H4,94,95,97)/t51-,60-,61-,62-,63-,64-,65-,66-,67-,68-,69-,70-,71-,72-/m0/s1/i6+1,7+1,8+1. The zero-order valence-electron chi connectivity index (χ0n) is 77.1. The van der Waals surface area contributed by atoms with Crippen molar-refractivity contribution in [3.05, 3.63) is 119 Å². The number of benzene rings is 3. The Balaban J connectivity index is 1.10. The highest BCUT2D eigenvalue weighted by molar-refractivity contribution is 8.00. The Labute approximate surface area is 789 Å². The molecule has 135 heavy (non-hydrogen) atoms. The normalized spacial score (nSPS) is 24.2. The fourth-order valence-corrected chi connectivity index (χ4v) is 18.5. The number of hydrogen-bond acceptors (Lipinski definition) is 23. The summed E-state index contributed by atoms with van der Waals surface area (Å²) >= 11 is 2.13. The van der Waals surface area contributed by atoms with Crippen LogP contribution in [0.15, 0.2) is 96.9 Å². The molecule has 42 nitrogen and oxygen atoms in total. The molecule has 3 saturated heterocycles. The van der Waals surface area contributed by atoms with Crippen molar-refractivity contribution in [3.63, 3.8) is 0 Å². The monoisotopic (exact) mass is 1910 g/mol. The number of likely N-dealkylation sites (N-methyl/N-ethyl adjacent to an activating group) is 3. The molecule has 3 fully saturated rings. The molecular formula is C91H127N23O19S2. The number of aromatic hydroxyl groups is 1. The van der Waals surface area contributed by atoms with E-state index in [0.717, 1.165) is 36.5 Å². The Morgan fingerprint density at radius 1 is 0.548 bits per heavy atom. The Bertz CT molecular complexity index is 5210. The second-order valence-corrected chi connectivity index (χ2v) is 36.6. The number of nitrogens with zero attached hydrogens (tertiary/aromatic N) is 6. The van der Waals surface area contributed by atoms with E-state index in [1.54, 1.807) is 55.8 Å². The lowest BCUT2D eigenvalue weighted by Crippen LogP contribution is -2.62. The van der Waals surface area contributed by atoms with Gasteiger partial charge < -0.3 is 120 Å². The average molecular weight is 1910 g/mol. The van der Waals surface area contributed by atoms with Crippen LogP contribution in [0, 0.1) is 11.3 Å². The number of amides is 17. The predicted octanol–water partition coefficient (Wildman–Crippen LogP) is -1.17.